The number of nitrogens with one attached hydrogen (secondary N) is 2. The van der Waals surface area contributed by atoms with Gasteiger partial charge in [-0.25, -0.2) is 4.98 Å². The lowest BCUT2D eigenvalue weighted by Gasteiger charge is -2.06. The largest absolute Gasteiger partial charge is 0.352 e. The fourth-order valence-corrected chi connectivity index (χ4v) is 1.17. The highest BCUT2D eigenvalue weighted by Gasteiger charge is 2.00. The quantitative estimate of drug-likeness (QED) is 0.733. The summed E-state index contributed by atoms with van der Waals surface area (Å²) in [5.74, 6) is 0.671. The zero-order valence-electron chi connectivity index (χ0n) is 7.70. The van der Waals surface area contributed by atoms with Crippen LogP contribution >= 0.6 is 0 Å². The first-order chi connectivity index (χ1) is 6.25. The third-order valence-corrected chi connectivity index (χ3v) is 1.72. The Bertz CT molecular complexity index is 405. The Hall–Kier alpha value is -1.58. The van der Waals surface area contributed by atoms with E-state index in [0.717, 1.165) is 11.0 Å². The molecule has 0 saturated carbocycles. The van der Waals surface area contributed by atoms with Gasteiger partial charge in [0.15, 0.2) is 0 Å². The molecule has 2 aromatic heterocycles. The molecule has 0 aromatic carbocycles. The number of anilines is 1. The van der Waals surface area contributed by atoms with E-state index in [1.54, 1.807) is 0 Å². The molecule has 0 fully saturated rings. The maximum absolute atomic E-state index is 4.30. The van der Waals surface area contributed by atoms with Crippen LogP contribution < -0.4 is 5.32 Å². The number of H-pyrrole nitrogens is 1. The van der Waals surface area contributed by atoms with Gasteiger partial charge in [0.25, 0.3) is 0 Å². The average molecular weight is 176 g/mol. The summed E-state index contributed by atoms with van der Waals surface area (Å²) in [4.78, 5) is 11.5. The van der Waals surface area contributed by atoms with E-state index < -0.39 is 0 Å². The summed E-state index contributed by atoms with van der Waals surface area (Å²) in [5, 5.41) is 4.18. The molecule has 0 saturated heterocycles. The van der Waals surface area contributed by atoms with E-state index in [1.165, 1.54) is 0 Å². The van der Waals surface area contributed by atoms with Crippen molar-refractivity contribution in [1.82, 2.24) is 15.0 Å². The monoisotopic (exact) mass is 176 g/mol. The minimum atomic E-state index is 0.354. The van der Waals surface area contributed by atoms with E-state index in [1.807, 2.05) is 18.5 Å². The second kappa shape index (κ2) is 3.05. The normalized spacial score (nSPS) is 11.0. The standard InChI is InChI=1S/C9H12N4/c1-6(2)12-9-11-5-7-3-4-10-8(7)13-9/h3-6H,1-2H3,(H2,10,11,12,13). The third kappa shape index (κ3) is 1.61. The van der Waals surface area contributed by atoms with Crippen molar-refractivity contribution in [2.24, 2.45) is 0 Å². The van der Waals surface area contributed by atoms with Gasteiger partial charge in [0.1, 0.15) is 5.65 Å². The Morgan fingerprint density at radius 2 is 2.31 bits per heavy atom. The van der Waals surface area contributed by atoms with Gasteiger partial charge in [-0.2, -0.15) is 4.98 Å². The SMILES string of the molecule is CC(C)Nc1ncc2cc[nH]c2n1. The lowest BCUT2D eigenvalue weighted by Crippen LogP contribution is -2.12. The highest BCUT2D eigenvalue weighted by Crippen LogP contribution is 2.10. The number of fused-ring (bicyclic) bond motifs is 1. The molecular formula is C9H12N4. The second-order valence-corrected chi connectivity index (χ2v) is 3.27. The molecule has 68 valence electrons. The molecule has 4 heteroatoms. The van der Waals surface area contributed by atoms with Crippen LogP contribution in [-0.4, -0.2) is 21.0 Å². The molecule has 0 amide bonds. The first-order valence-electron chi connectivity index (χ1n) is 4.32. The van der Waals surface area contributed by atoms with Crippen molar-refractivity contribution >= 4 is 17.0 Å². The molecular weight excluding hydrogens is 164 g/mol. The van der Waals surface area contributed by atoms with E-state index in [0.29, 0.717) is 12.0 Å². The minimum Gasteiger partial charge on any atom is -0.352 e. The number of nitrogens with zero attached hydrogens (tertiary/aromatic N) is 2. The molecule has 0 atom stereocenters. The summed E-state index contributed by atoms with van der Waals surface area (Å²) in [6.45, 7) is 4.12. The number of rotatable bonds is 2. The Morgan fingerprint density at radius 3 is 3.08 bits per heavy atom. The van der Waals surface area contributed by atoms with Crippen LogP contribution in [0.5, 0.6) is 0 Å². The summed E-state index contributed by atoms with van der Waals surface area (Å²) in [6, 6.07) is 2.31. The zero-order valence-corrected chi connectivity index (χ0v) is 7.70. The Balaban J connectivity index is 2.37. The number of aromatic amines is 1. The van der Waals surface area contributed by atoms with Crippen LogP contribution in [0.25, 0.3) is 11.0 Å². The number of aromatic nitrogens is 3. The first-order valence-corrected chi connectivity index (χ1v) is 4.32. The average Bonchev–Trinajstić information content (AvgIpc) is 2.49. The molecule has 2 heterocycles. The van der Waals surface area contributed by atoms with Crippen molar-refractivity contribution in [1.29, 1.82) is 0 Å². The van der Waals surface area contributed by atoms with Crippen LogP contribution in [0.1, 0.15) is 13.8 Å². The van der Waals surface area contributed by atoms with Crippen molar-refractivity contribution in [2.75, 3.05) is 5.32 Å². The fraction of sp³-hybridized carbons (Fsp3) is 0.333. The van der Waals surface area contributed by atoms with Gasteiger partial charge in [-0.1, -0.05) is 0 Å². The predicted molar refractivity (Wildman–Crippen MR) is 52.6 cm³/mol. The van der Waals surface area contributed by atoms with E-state index in [4.69, 9.17) is 0 Å². The minimum absolute atomic E-state index is 0.354. The number of hydrogen-bond acceptors (Lipinski definition) is 3. The van der Waals surface area contributed by atoms with Gasteiger partial charge in [0.05, 0.1) is 0 Å². The molecule has 0 aliphatic carbocycles. The summed E-state index contributed by atoms with van der Waals surface area (Å²) < 4.78 is 0. The van der Waals surface area contributed by atoms with Crippen molar-refractivity contribution in [3.8, 4) is 0 Å². The molecule has 0 radical (unpaired) electrons. The van der Waals surface area contributed by atoms with Gasteiger partial charge >= 0.3 is 0 Å². The Kier molecular flexibility index (Phi) is 1.88. The molecule has 2 aromatic rings. The molecule has 13 heavy (non-hydrogen) atoms. The Morgan fingerprint density at radius 1 is 1.46 bits per heavy atom. The molecule has 2 rings (SSSR count). The summed E-state index contributed by atoms with van der Waals surface area (Å²) >= 11 is 0. The molecule has 0 aliphatic heterocycles. The smallest absolute Gasteiger partial charge is 0.224 e. The highest BCUT2D eigenvalue weighted by atomic mass is 15.1. The summed E-state index contributed by atoms with van der Waals surface area (Å²) in [5.41, 5.74) is 0.873. The van der Waals surface area contributed by atoms with E-state index in [2.05, 4.69) is 34.1 Å². The van der Waals surface area contributed by atoms with E-state index in [-0.39, 0.29) is 0 Å². The number of hydrogen-bond donors (Lipinski definition) is 2. The lowest BCUT2D eigenvalue weighted by atomic mass is 10.4. The van der Waals surface area contributed by atoms with Crippen LogP contribution in [0.4, 0.5) is 5.95 Å². The van der Waals surface area contributed by atoms with Crippen LogP contribution in [0.2, 0.25) is 0 Å². The van der Waals surface area contributed by atoms with Crippen molar-refractivity contribution in [2.45, 2.75) is 19.9 Å². The van der Waals surface area contributed by atoms with Gasteiger partial charge in [-0.05, 0) is 19.9 Å². The fourth-order valence-electron chi connectivity index (χ4n) is 1.17. The highest BCUT2D eigenvalue weighted by molar-refractivity contribution is 5.75. The van der Waals surface area contributed by atoms with Crippen molar-refractivity contribution in [3.63, 3.8) is 0 Å². The molecule has 0 unspecified atom stereocenters. The summed E-state index contributed by atoms with van der Waals surface area (Å²) in [6.07, 6.45) is 3.67. The van der Waals surface area contributed by atoms with Crippen LogP contribution in [0.3, 0.4) is 0 Å². The molecule has 0 spiro atoms. The van der Waals surface area contributed by atoms with Crippen molar-refractivity contribution < 1.29 is 0 Å². The van der Waals surface area contributed by atoms with Crippen LogP contribution in [0, 0.1) is 0 Å². The first kappa shape index (κ1) is 8.04. The van der Waals surface area contributed by atoms with Crippen molar-refractivity contribution in [3.05, 3.63) is 18.5 Å². The predicted octanol–water partition coefficient (Wildman–Crippen LogP) is 1.78. The maximum Gasteiger partial charge on any atom is 0.224 e. The van der Waals surface area contributed by atoms with Gasteiger partial charge in [0.2, 0.25) is 5.95 Å². The topological polar surface area (TPSA) is 53.6 Å². The van der Waals surface area contributed by atoms with E-state index >= 15 is 0 Å². The lowest BCUT2D eigenvalue weighted by molar-refractivity contribution is 0.877. The summed E-state index contributed by atoms with van der Waals surface area (Å²) in [7, 11) is 0. The van der Waals surface area contributed by atoms with Gasteiger partial charge in [-0.15, -0.1) is 0 Å². The Labute approximate surface area is 76.4 Å². The van der Waals surface area contributed by atoms with Crippen LogP contribution in [0.15, 0.2) is 18.5 Å². The van der Waals surface area contributed by atoms with Gasteiger partial charge in [-0.3, -0.25) is 0 Å². The maximum atomic E-state index is 4.30. The van der Waals surface area contributed by atoms with E-state index in [9.17, 15) is 0 Å². The molecule has 0 bridgehead atoms. The zero-order chi connectivity index (χ0) is 9.26. The van der Waals surface area contributed by atoms with Crippen LogP contribution in [-0.2, 0) is 0 Å². The third-order valence-electron chi connectivity index (χ3n) is 1.72. The van der Waals surface area contributed by atoms with Gasteiger partial charge < -0.3 is 10.3 Å². The molecule has 2 N–H and O–H groups in total. The molecule has 0 aliphatic rings. The van der Waals surface area contributed by atoms with Gasteiger partial charge in [0, 0.05) is 23.8 Å². The second-order valence-electron chi connectivity index (χ2n) is 3.27. The molecule has 4 nitrogen and oxygen atoms in total.